The summed E-state index contributed by atoms with van der Waals surface area (Å²) in [6, 6.07) is 56.5. The molecule has 7 aromatic rings. The lowest BCUT2D eigenvalue weighted by Gasteiger charge is -2.36. The maximum absolute atomic E-state index is 4.18. The van der Waals surface area contributed by atoms with E-state index in [1.54, 1.807) is 0 Å². The highest BCUT2D eigenvalue weighted by atomic mass is 28.3. The fourth-order valence-corrected chi connectivity index (χ4v) is 12.7. The number of fused-ring (bicyclic) bond motifs is 4. The molecule has 0 saturated carbocycles. The van der Waals surface area contributed by atoms with Gasteiger partial charge in [-0.1, -0.05) is 140 Å². The minimum absolute atomic E-state index is 0.918. The maximum Gasteiger partial charge on any atom is 0.180 e. The number of para-hydroxylation sites is 2. The van der Waals surface area contributed by atoms with Crippen LogP contribution in [0, 0.1) is 0 Å². The molecule has 1 aliphatic carbocycles. The number of aromatic nitrogens is 1. The summed E-state index contributed by atoms with van der Waals surface area (Å²) in [6.07, 6.45) is 2.97. The van der Waals surface area contributed by atoms with E-state index in [4.69, 9.17) is 0 Å². The van der Waals surface area contributed by atoms with Gasteiger partial charge in [0.2, 0.25) is 0 Å². The minimum Gasteiger partial charge on any atom is -0.309 e. The van der Waals surface area contributed by atoms with E-state index in [9.17, 15) is 0 Å². The summed E-state index contributed by atoms with van der Waals surface area (Å²) in [5.41, 5.74) is 9.14. The van der Waals surface area contributed by atoms with Gasteiger partial charge in [-0.25, -0.2) is 0 Å². The molecule has 0 radical (unpaired) electrons. The number of nitrogens with zero attached hydrogens (tertiary/aromatic N) is 1. The summed E-state index contributed by atoms with van der Waals surface area (Å²) >= 11 is 0. The standard InChI is InChI=1S/C42H33NSi/c1-3-31-28-39-36(30(31)2)24-15-27-42(39)44(33-17-6-4-7-18-33,34-19-8-5-9-20-34)35-21-14-16-32(29-35)43-40-25-12-10-22-37(40)38-23-11-13-26-41(38)43/h3-27,29H,1,28H2,2H3. The highest BCUT2D eigenvalue weighted by Crippen LogP contribution is 2.34. The van der Waals surface area contributed by atoms with E-state index in [-0.39, 0.29) is 0 Å². The molecule has 6 aromatic carbocycles. The van der Waals surface area contributed by atoms with Gasteiger partial charge in [-0.2, -0.15) is 0 Å². The Hall–Kier alpha value is -5.18. The van der Waals surface area contributed by atoms with Gasteiger partial charge in [-0.3, -0.25) is 0 Å². The van der Waals surface area contributed by atoms with Gasteiger partial charge in [0, 0.05) is 16.5 Å². The molecule has 1 aliphatic rings. The van der Waals surface area contributed by atoms with E-state index in [0.717, 1.165) is 6.42 Å². The number of hydrogen-bond donors (Lipinski definition) is 0. The quantitative estimate of drug-likeness (QED) is 0.141. The molecule has 1 nitrogen and oxygen atoms in total. The van der Waals surface area contributed by atoms with Gasteiger partial charge < -0.3 is 4.57 Å². The average molecular weight is 580 g/mol. The molecule has 0 amide bonds. The van der Waals surface area contributed by atoms with Crippen LogP contribution >= 0.6 is 0 Å². The summed E-state index contributed by atoms with van der Waals surface area (Å²) in [4.78, 5) is 0. The van der Waals surface area contributed by atoms with Crippen molar-refractivity contribution in [3.8, 4) is 5.69 Å². The van der Waals surface area contributed by atoms with Crippen LogP contribution in [0.1, 0.15) is 18.1 Å². The largest absolute Gasteiger partial charge is 0.309 e. The van der Waals surface area contributed by atoms with Crippen LogP contribution in [0.5, 0.6) is 0 Å². The van der Waals surface area contributed by atoms with Gasteiger partial charge >= 0.3 is 0 Å². The van der Waals surface area contributed by atoms with Crippen molar-refractivity contribution in [2.75, 3.05) is 0 Å². The lowest BCUT2D eigenvalue weighted by atomic mass is 10.1. The second kappa shape index (κ2) is 10.5. The van der Waals surface area contributed by atoms with E-state index < -0.39 is 8.07 Å². The molecule has 0 spiro atoms. The lowest BCUT2D eigenvalue weighted by molar-refractivity contribution is 1.18. The highest BCUT2D eigenvalue weighted by molar-refractivity contribution is 7.20. The summed E-state index contributed by atoms with van der Waals surface area (Å²) in [6.45, 7) is 6.44. The van der Waals surface area contributed by atoms with Crippen molar-refractivity contribution in [1.29, 1.82) is 0 Å². The third kappa shape index (κ3) is 3.85. The topological polar surface area (TPSA) is 4.93 Å². The molecule has 8 rings (SSSR count). The molecule has 1 heterocycles. The zero-order valence-corrected chi connectivity index (χ0v) is 25.9. The Morgan fingerprint density at radius 3 is 1.75 bits per heavy atom. The first-order valence-electron chi connectivity index (χ1n) is 15.4. The van der Waals surface area contributed by atoms with E-state index in [0.29, 0.717) is 0 Å². The minimum atomic E-state index is -2.78. The van der Waals surface area contributed by atoms with Crippen molar-refractivity contribution in [1.82, 2.24) is 4.57 Å². The maximum atomic E-state index is 4.18. The molecule has 0 unspecified atom stereocenters. The first kappa shape index (κ1) is 26.4. The van der Waals surface area contributed by atoms with Crippen molar-refractivity contribution < 1.29 is 0 Å². The van der Waals surface area contributed by atoms with Gasteiger partial charge in [0.05, 0.1) is 11.0 Å². The fourth-order valence-electron chi connectivity index (χ4n) is 7.62. The van der Waals surface area contributed by atoms with Crippen molar-refractivity contribution in [2.45, 2.75) is 13.3 Å². The second-order valence-corrected chi connectivity index (χ2v) is 15.5. The first-order chi connectivity index (χ1) is 21.7. The normalized spacial score (nSPS) is 13.0. The Morgan fingerprint density at radius 2 is 1.14 bits per heavy atom. The Kier molecular flexibility index (Phi) is 6.32. The molecule has 2 heteroatoms. The van der Waals surface area contributed by atoms with Crippen LogP contribution in [-0.4, -0.2) is 12.6 Å². The molecular weight excluding hydrogens is 547 g/mol. The van der Waals surface area contributed by atoms with Gasteiger partial charge in [0.25, 0.3) is 0 Å². The van der Waals surface area contributed by atoms with Crippen LogP contribution in [0.4, 0.5) is 0 Å². The van der Waals surface area contributed by atoms with Crippen LogP contribution in [0.15, 0.2) is 170 Å². The van der Waals surface area contributed by atoms with E-state index in [2.05, 4.69) is 176 Å². The fraction of sp³-hybridized carbons (Fsp3) is 0.0476. The van der Waals surface area contributed by atoms with Crippen molar-refractivity contribution >= 4 is 56.2 Å². The predicted molar refractivity (Wildman–Crippen MR) is 191 cm³/mol. The highest BCUT2D eigenvalue weighted by Gasteiger charge is 2.44. The van der Waals surface area contributed by atoms with Crippen LogP contribution < -0.4 is 20.7 Å². The lowest BCUT2D eigenvalue weighted by Crippen LogP contribution is -2.75. The molecule has 210 valence electrons. The third-order valence-corrected chi connectivity index (χ3v) is 14.5. The molecule has 0 bridgehead atoms. The molecular formula is C42H33NSi. The Morgan fingerprint density at radius 1 is 0.591 bits per heavy atom. The van der Waals surface area contributed by atoms with Gasteiger partial charge in [0.1, 0.15) is 0 Å². The van der Waals surface area contributed by atoms with Crippen LogP contribution in [0.2, 0.25) is 0 Å². The number of benzene rings is 6. The molecule has 0 saturated heterocycles. The van der Waals surface area contributed by atoms with Crippen LogP contribution in [0.3, 0.4) is 0 Å². The van der Waals surface area contributed by atoms with Crippen molar-refractivity contribution in [3.05, 3.63) is 181 Å². The first-order valence-corrected chi connectivity index (χ1v) is 17.4. The SMILES string of the molecule is C=CC1=C(C)c2cccc([Si](c3ccccc3)(c3ccccc3)c3cccc(-n4c5ccccc5c5ccccc54)c3)c2C1. The molecule has 44 heavy (non-hydrogen) atoms. The molecule has 0 aliphatic heterocycles. The van der Waals surface area contributed by atoms with E-state index >= 15 is 0 Å². The number of hydrogen-bond acceptors (Lipinski definition) is 0. The van der Waals surface area contributed by atoms with Crippen molar-refractivity contribution in [3.63, 3.8) is 0 Å². The van der Waals surface area contributed by atoms with E-state index in [1.807, 2.05) is 0 Å². The average Bonchev–Trinajstić information content (AvgIpc) is 3.61. The van der Waals surface area contributed by atoms with Gasteiger partial charge in [0.15, 0.2) is 8.07 Å². The summed E-state index contributed by atoms with van der Waals surface area (Å²) < 4.78 is 2.44. The zero-order valence-electron chi connectivity index (χ0n) is 24.9. The number of allylic oxidation sites excluding steroid dienone is 3. The van der Waals surface area contributed by atoms with E-state index in [1.165, 1.54) is 70.5 Å². The Bertz CT molecular complexity index is 2130. The molecule has 0 fully saturated rings. The smallest absolute Gasteiger partial charge is 0.180 e. The van der Waals surface area contributed by atoms with Crippen molar-refractivity contribution in [2.24, 2.45) is 0 Å². The van der Waals surface area contributed by atoms with Gasteiger partial charge in [-0.15, -0.1) is 0 Å². The third-order valence-electron chi connectivity index (χ3n) is 9.61. The monoisotopic (exact) mass is 579 g/mol. The summed E-state index contributed by atoms with van der Waals surface area (Å²) in [5, 5.41) is 8.19. The molecule has 0 atom stereocenters. The summed E-state index contributed by atoms with van der Waals surface area (Å²) in [5.74, 6) is 0. The van der Waals surface area contributed by atoms with Gasteiger partial charge in [-0.05, 0) is 80.6 Å². The molecule has 1 aromatic heterocycles. The Labute approximate surface area is 260 Å². The molecule has 0 N–H and O–H groups in total. The Balaban J connectivity index is 1.48. The second-order valence-electron chi connectivity index (χ2n) is 11.8. The predicted octanol–water partition coefficient (Wildman–Crippen LogP) is 7.68. The zero-order chi connectivity index (χ0) is 29.7. The van der Waals surface area contributed by atoms with Crippen LogP contribution in [-0.2, 0) is 6.42 Å². The summed E-state index contributed by atoms with van der Waals surface area (Å²) in [7, 11) is -2.78. The van der Waals surface area contributed by atoms with Crippen LogP contribution in [0.25, 0.3) is 33.1 Å². The number of rotatable bonds is 6.